The number of hydrogen-bond acceptors (Lipinski definition) is 1. The maximum Gasteiger partial charge on any atom is 0.0438 e. The minimum atomic E-state index is 0.704. The molecule has 0 unspecified atom stereocenters. The molecular weight excluding hydrogens is 194 g/mol. The SMILES string of the molecule is Cc1c(Cl)cccc1C1CCNCC1. The van der Waals surface area contributed by atoms with Crippen molar-refractivity contribution in [2.24, 2.45) is 0 Å². The highest BCUT2D eigenvalue weighted by molar-refractivity contribution is 6.31. The van der Waals surface area contributed by atoms with Gasteiger partial charge in [0.1, 0.15) is 0 Å². The van der Waals surface area contributed by atoms with Crippen LogP contribution in [0, 0.1) is 6.92 Å². The first-order valence-electron chi connectivity index (χ1n) is 5.25. The number of rotatable bonds is 1. The highest BCUT2D eigenvalue weighted by atomic mass is 35.5. The van der Waals surface area contributed by atoms with Crippen LogP contribution in [-0.2, 0) is 0 Å². The van der Waals surface area contributed by atoms with Crippen LogP contribution in [0.5, 0.6) is 0 Å². The van der Waals surface area contributed by atoms with Crippen molar-refractivity contribution in [2.75, 3.05) is 13.1 Å². The van der Waals surface area contributed by atoms with Crippen molar-refractivity contribution in [3.63, 3.8) is 0 Å². The number of benzene rings is 1. The summed E-state index contributed by atoms with van der Waals surface area (Å²) < 4.78 is 0. The molecule has 14 heavy (non-hydrogen) atoms. The van der Waals surface area contributed by atoms with E-state index in [9.17, 15) is 0 Å². The number of halogens is 1. The Morgan fingerprint density at radius 3 is 2.71 bits per heavy atom. The average molecular weight is 210 g/mol. The smallest absolute Gasteiger partial charge is 0.0438 e. The second-order valence-corrected chi connectivity index (χ2v) is 4.39. The highest BCUT2D eigenvalue weighted by Crippen LogP contribution is 2.30. The molecule has 0 amide bonds. The van der Waals surface area contributed by atoms with E-state index in [2.05, 4.69) is 24.4 Å². The summed E-state index contributed by atoms with van der Waals surface area (Å²) in [7, 11) is 0. The third kappa shape index (κ3) is 1.94. The highest BCUT2D eigenvalue weighted by Gasteiger charge is 2.17. The normalized spacial score (nSPS) is 18.4. The number of hydrogen-bond donors (Lipinski definition) is 1. The molecule has 0 spiro atoms. The second kappa shape index (κ2) is 4.33. The van der Waals surface area contributed by atoms with Crippen LogP contribution in [0.15, 0.2) is 18.2 Å². The molecule has 0 aliphatic carbocycles. The fourth-order valence-corrected chi connectivity index (χ4v) is 2.38. The van der Waals surface area contributed by atoms with Gasteiger partial charge in [0.2, 0.25) is 0 Å². The molecule has 1 nitrogen and oxygen atoms in total. The molecule has 1 fully saturated rings. The van der Waals surface area contributed by atoms with Gasteiger partial charge in [0, 0.05) is 5.02 Å². The molecule has 1 aliphatic rings. The van der Waals surface area contributed by atoms with Crippen LogP contribution in [0.25, 0.3) is 0 Å². The van der Waals surface area contributed by atoms with Crippen LogP contribution < -0.4 is 5.32 Å². The molecule has 0 saturated carbocycles. The summed E-state index contributed by atoms with van der Waals surface area (Å²) in [4.78, 5) is 0. The van der Waals surface area contributed by atoms with E-state index >= 15 is 0 Å². The van der Waals surface area contributed by atoms with Gasteiger partial charge in [-0.1, -0.05) is 23.7 Å². The molecule has 1 aromatic carbocycles. The van der Waals surface area contributed by atoms with Crippen LogP contribution in [0.4, 0.5) is 0 Å². The average Bonchev–Trinajstić information content (AvgIpc) is 2.23. The third-order valence-corrected chi connectivity index (χ3v) is 3.50. The van der Waals surface area contributed by atoms with Crippen molar-refractivity contribution in [3.8, 4) is 0 Å². The Kier molecular flexibility index (Phi) is 3.09. The first kappa shape index (κ1) is 10.0. The van der Waals surface area contributed by atoms with Crippen molar-refractivity contribution in [1.29, 1.82) is 0 Å². The van der Waals surface area contributed by atoms with Gasteiger partial charge < -0.3 is 5.32 Å². The summed E-state index contributed by atoms with van der Waals surface area (Å²) in [6.07, 6.45) is 2.47. The van der Waals surface area contributed by atoms with Gasteiger partial charge in [-0.05, 0) is 56.0 Å². The van der Waals surface area contributed by atoms with Gasteiger partial charge in [0.15, 0.2) is 0 Å². The van der Waals surface area contributed by atoms with Crippen LogP contribution in [-0.4, -0.2) is 13.1 Å². The molecule has 2 heteroatoms. The van der Waals surface area contributed by atoms with E-state index in [4.69, 9.17) is 11.6 Å². The molecule has 1 aliphatic heterocycles. The predicted octanol–water partition coefficient (Wildman–Crippen LogP) is 3.12. The van der Waals surface area contributed by atoms with E-state index in [0.29, 0.717) is 5.92 Å². The minimum Gasteiger partial charge on any atom is -0.317 e. The molecule has 0 aromatic heterocycles. The Balaban J connectivity index is 2.26. The fourth-order valence-electron chi connectivity index (χ4n) is 2.20. The summed E-state index contributed by atoms with van der Waals surface area (Å²) in [5.41, 5.74) is 2.71. The topological polar surface area (TPSA) is 12.0 Å². The molecule has 76 valence electrons. The first-order chi connectivity index (χ1) is 6.79. The van der Waals surface area contributed by atoms with E-state index in [-0.39, 0.29) is 0 Å². The van der Waals surface area contributed by atoms with Crippen molar-refractivity contribution in [1.82, 2.24) is 5.32 Å². The Labute approximate surface area is 90.5 Å². The molecule has 1 saturated heterocycles. The molecule has 2 rings (SSSR count). The first-order valence-corrected chi connectivity index (χ1v) is 5.62. The lowest BCUT2D eigenvalue weighted by molar-refractivity contribution is 0.459. The minimum absolute atomic E-state index is 0.704. The standard InChI is InChI=1S/C12H16ClN/c1-9-11(3-2-4-12(9)13)10-5-7-14-8-6-10/h2-4,10,14H,5-8H2,1H3. The van der Waals surface area contributed by atoms with Gasteiger partial charge in [-0.25, -0.2) is 0 Å². The largest absolute Gasteiger partial charge is 0.317 e. The van der Waals surface area contributed by atoms with Crippen molar-refractivity contribution in [3.05, 3.63) is 34.3 Å². The number of nitrogens with one attached hydrogen (secondary N) is 1. The summed E-state index contributed by atoms with van der Waals surface area (Å²) >= 11 is 6.12. The molecular formula is C12H16ClN. The number of piperidine rings is 1. The zero-order valence-electron chi connectivity index (χ0n) is 8.52. The van der Waals surface area contributed by atoms with Gasteiger partial charge in [0.25, 0.3) is 0 Å². The lowest BCUT2D eigenvalue weighted by Gasteiger charge is -2.24. The maximum atomic E-state index is 6.12. The second-order valence-electron chi connectivity index (χ2n) is 3.98. The molecule has 0 atom stereocenters. The van der Waals surface area contributed by atoms with Crippen molar-refractivity contribution in [2.45, 2.75) is 25.7 Å². The van der Waals surface area contributed by atoms with E-state index in [1.165, 1.54) is 24.0 Å². The quantitative estimate of drug-likeness (QED) is 0.750. The van der Waals surface area contributed by atoms with E-state index in [1.807, 2.05) is 6.07 Å². The van der Waals surface area contributed by atoms with Crippen LogP contribution >= 0.6 is 11.6 Å². The third-order valence-electron chi connectivity index (χ3n) is 3.09. The fraction of sp³-hybridized carbons (Fsp3) is 0.500. The van der Waals surface area contributed by atoms with Crippen molar-refractivity contribution < 1.29 is 0 Å². The molecule has 1 aromatic rings. The monoisotopic (exact) mass is 209 g/mol. The van der Waals surface area contributed by atoms with E-state index < -0.39 is 0 Å². The van der Waals surface area contributed by atoms with Gasteiger partial charge in [-0.15, -0.1) is 0 Å². The van der Waals surface area contributed by atoms with Gasteiger partial charge in [0.05, 0.1) is 0 Å². The molecule has 0 bridgehead atoms. The summed E-state index contributed by atoms with van der Waals surface area (Å²) in [6, 6.07) is 6.26. The van der Waals surface area contributed by atoms with E-state index in [1.54, 1.807) is 0 Å². The van der Waals surface area contributed by atoms with Crippen molar-refractivity contribution >= 4 is 11.6 Å². The summed E-state index contributed by atoms with van der Waals surface area (Å²) in [5, 5.41) is 4.29. The van der Waals surface area contributed by atoms with E-state index in [0.717, 1.165) is 18.1 Å². The van der Waals surface area contributed by atoms with Crippen LogP contribution in [0.3, 0.4) is 0 Å². The molecule has 1 N–H and O–H groups in total. The summed E-state index contributed by atoms with van der Waals surface area (Å²) in [6.45, 7) is 4.40. The Morgan fingerprint density at radius 1 is 1.29 bits per heavy atom. The lowest BCUT2D eigenvalue weighted by atomic mass is 9.87. The zero-order valence-corrected chi connectivity index (χ0v) is 9.27. The molecule has 0 radical (unpaired) electrons. The van der Waals surface area contributed by atoms with Crippen LogP contribution in [0.1, 0.15) is 29.9 Å². The van der Waals surface area contributed by atoms with Gasteiger partial charge in [-0.3, -0.25) is 0 Å². The summed E-state index contributed by atoms with van der Waals surface area (Å²) in [5.74, 6) is 0.704. The zero-order chi connectivity index (χ0) is 9.97. The Bertz CT molecular complexity index is 316. The predicted molar refractivity (Wildman–Crippen MR) is 61.0 cm³/mol. The van der Waals surface area contributed by atoms with Gasteiger partial charge >= 0.3 is 0 Å². The maximum absolute atomic E-state index is 6.12. The lowest BCUT2D eigenvalue weighted by Crippen LogP contribution is -2.26. The van der Waals surface area contributed by atoms with Gasteiger partial charge in [-0.2, -0.15) is 0 Å². The Morgan fingerprint density at radius 2 is 2.00 bits per heavy atom. The molecule has 1 heterocycles. The van der Waals surface area contributed by atoms with Crippen LogP contribution in [0.2, 0.25) is 5.02 Å². The Hall–Kier alpha value is -0.530.